The van der Waals surface area contributed by atoms with Crippen molar-refractivity contribution in [3.63, 3.8) is 0 Å². The van der Waals surface area contributed by atoms with E-state index in [9.17, 15) is 20.1 Å². The maximum Gasteiger partial charge on any atom is 0.227 e. The molecule has 0 saturated heterocycles. The fraction of sp³-hybridized carbons (Fsp3) is 0.514. The molecule has 248 valence electrons. The number of aliphatic hydroxyl groups excluding tert-OH is 2. The van der Waals surface area contributed by atoms with E-state index in [1.165, 1.54) is 11.1 Å². The average Bonchev–Trinajstić information content (AvgIpc) is 3.76. The number of carbonyl (C=O) groups excluding carboxylic acids is 1. The molecule has 2 aromatic rings. The third-order valence-corrected chi connectivity index (χ3v) is 9.92. The number of nitrogens with one attached hydrogen (secondary N) is 1. The van der Waals surface area contributed by atoms with Crippen LogP contribution in [0, 0.1) is 5.92 Å². The zero-order valence-corrected chi connectivity index (χ0v) is 27.1. The fourth-order valence-electron chi connectivity index (χ4n) is 7.35. The molecule has 0 amide bonds. The standard InChI is InChI=1S/C37H50N4O5/c1-2-3-4-8-29(43)19-30(44)11-9-25-10-12-34(45)35(17-25)46-24-41-22-31-32(21-40-33(31)23-41)37(15-13-26(20-37)14-16-42)28-7-5-6-27(18-28)36(38)39/h5-7,10,12,17-18,21-22,26,29,36,42-43,45H,2-4,8-9,11,13-16,19-20,23-24,38-39H2,1H3/p+1. The van der Waals surface area contributed by atoms with Crippen molar-refractivity contribution in [2.24, 2.45) is 22.4 Å². The largest absolute Gasteiger partial charge is 0.504 e. The van der Waals surface area contributed by atoms with Gasteiger partial charge in [0.15, 0.2) is 11.5 Å². The third-order valence-electron chi connectivity index (χ3n) is 9.92. The van der Waals surface area contributed by atoms with Crippen LogP contribution in [0.1, 0.15) is 94.0 Å². The number of quaternary nitrogens is 1. The highest BCUT2D eigenvalue weighted by Crippen LogP contribution is 2.53. The number of fused-ring (bicyclic) bond motifs is 1. The lowest BCUT2D eigenvalue weighted by molar-refractivity contribution is -0.851. The summed E-state index contributed by atoms with van der Waals surface area (Å²) in [6.07, 6.45) is 11.6. The number of phenols is 1. The Morgan fingerprint density at radius 1 is 1.20 bits per heavy atom. The molecule has 4 unspecified atom stereocenters. The number of nitrogens with zero attached hydrogens (tertiary/aromatic N) is 1. The second kappa shape index (κ2) is 15.5. The smallest absolute Gasteiger partial charge is 0.227 e. The van der Waals surface area contributed by atoms with Crippen LogP contribution in [0.2, 0.25) is 0 Å². The molecule has 0 bridgehead atoms. The van der Waals surface area contributed by atoms with Crippen molar-refractivity contribution in [2.75, 3.05) is 19.9 Å². The van der Waals surface area contributed by atoms with Gasteiger partial charge in [0.2, 0.25) is 6.73 Å². The first-order valence-electron chi connectivity index (χ1n) is 16.9. The highest BCUT2D eigenvalue weighted by molar-refractivity contribution is 6.08. The minimum Gasteiger partial charge on any atom is -0.504 e. The van der Waals surface area contributed by atoms with E-state index in [-0.39, 0.29) is 30.0 Å². The first-order valence-corrected chi connectivity index (χ1v) is 16.9. The van der Waals surface area contributed by atoms with Gasteiger partial charge in [-0.3, -0.25) is 14.7 Å². The molecule has 2 aromatic carbocycles. The number of carbonyl (C=O) groups is 1. The molecule has 46 heavy (non-hydrogen) atoms. The van der Waals surface area contributed by atoms with Crippen molar-refractivity contribution in [1.82, 2.24) is 0 Å². The molecule has 5 rings (SSSR count). The summed E-state index contributed by atoms with van der Waals surface area (Å²) in [4.78, 5) is 18.4. The molecule has 1 aliphatic carbocycles. The van der Waals surface area contributed by atoms with Crippen molar-refractivity contribution in [3.8, 4) is 11.5 Å². The van der Waals surface area contributed by atoms with Gasteiger partial charge in [-0.2, -0.15) is 0 Å². The molecule has 9 heteroatoms. The van der Waals surface area contributed by atoms with Gasteiger partial charge in [-0.05, 0) is 78.8 Å². The predicted molar refractivity (Wildman–Crippen MR) is 179 cm³/mol. The number of ketones is 1. The van der Waals surface area contributed by atoms with Gasteiger partial charge in [0.1, 0.15) is 24.2 Å². The monoisotopic (exact) mass is 631 g/mol. The Morgan fingerprint density at radius 3 is 2.83 bits per heavy atom. The fourth-order valence-corrected chi connectivity index (χ4v) is 7.35. The zero-order valence-electron chi connectivity index (χ0n) is 27.1. The average molecular weight is 632 g/mol. The predicted octanol–water partition coefficient (Wildman–Crippen LogP) is 3.72. The van der Waals surface area contributed by atoms with Crippen LogP contribution in [0.5, 0.6) is 11.5 Å². The Hall–Kier alpha value is -3.34. The molecular weight excluding hydrogens is 580 g/mol. The molecule has 1 fully saturated rings. The van der Waals surface area contributed by atoms with Gasteiger partial charge < -0.3 is 31.5 Å². The van der Waals surface area contributed by atoms with E-state index in [0.717, 1.165) is 72.3 Å². The van der Waals surface area contributed by atoms with Crippen LogP contribution >= 0.6 is 0 Å². The number of benzene rings is 2. The Labute approximate surface area is 272 Å². The van der Waals surface area contributed by atoms with Crippen molar-refractivity contribution in [3.05, 3.63) is 82.7 Å². The molecule has 0 radical (unpaired) electrons. The lowest BCUT2D eigenvalue weighted by Gasteiger charge is -2.33. The molecule has 9 nitrogen and oxygen atoms in total. The molecule has 1 saturated carbocycles. The molecular formula is C37H51N4O5+. The van der Waals surface area contributed by atoms with Crippen LogP contribution in [0.3, 0.4) is 0 Å². The third kappa shape index (κ3) is 7.96. The number of rotatable bonds is 17. The van der Waals surface area contributed by atoms with Gasteiger partial charge in [0.05, 0.1) is 17.8 Å². The minimum absolute atomic E-state index is 0.0455. The molecule has 4 atom stereocenters. The molecule has 8 N–H and O–H groups in total. The number of Topliss-reactive ketones (excluding diaryl/α,β-unsaturated/α-hetero) is 1. The number of aromatic hydroxyl groups is 1. The number of aryl methyl sites for hydroxylation is 1. The summed E-state index contributed by atoms with van der Waals surface area (Å²) in [6, 6.07) is 13.5. The van der Waals surface area contributed by atoms with Crippen LogP contribution < -0.4 is 21.1 Å². The lowest BCUT2D eigenvalue weighted by Crippen LogP contribution is -3.07. The van der Waals surface area contributed by atoms with Crippen molar-refractivity contribution in [1.29, 1.82) is 0 Å². The minimum atomic E-state index is -0.574. The van der Waals surface area contributed by atoms with Gasteiger partial charge >= 0.3 is 0 Å². The van der Waals surface area contributed by atoms with E-state index in [0.29, 0.717) is 44.2 Å². The Kier molecular flexibility index (Phi) is 11.5. The second-order valence-electron chi connectivity index (χ2n) is 13.3. The van der Waals surface area contributed by atoms with Crippen molar-refractivity contribution < 1.29 is 29.8 Å². The maximum atomic E-state index is 12.5. The summed E-state index contributed by atoms with van der Waals surface area (Å²) in [5, 5.41) is 30.4. The number of hydrogen-bond donors (Lipinski definition) is 6. The first kappa shape index (κ1) is 34.0. The van der Waals surface area contributed by atoms with Crippen LogP contribution in [-0.4, -0.2) is 52.8 Å². The van der Waals surface area contributed by atoms with Gasteiger partial charge in [0.25, 0.3) is 0 Å². The molecule has 2 aliphatic heterocycles. The SMILES string of the molecule is CCCCCC(O)CC(=O)CCc1ccc(O)c(OC[NH+]2C=C3C(C4(c5cccc(C(N)N)c5)CCC(CCO)C4)=CN=C3C2)c1. The quantitative estimate of drug-likeness (QED) is 0.115. The van der Waals surface area contributed by atoms with E-state index in [4.69, 9.17) is 21.2 Å². The maximum absolute atomic E-state index is 12.5. The summed E-state index contributed by atoms with van der Waals surface area (Å²) >= 11 is 0. The Balaban J connectivity index is 1.24. The van der Waals surface area contributed by atoms with Crippen molar-refractivity contribution >= 4 is 11.5 Å². The van der Waals surface area contributed by atoms with E-state index in [1.54, 1.807) is 12.1 Å². The van der Waals surface area contributed by atoms with Crippen LogP contribution in [-0.2, 0) is 16.6 Å². The number of aliphatic imine (C=N–C) groups is 1. The number of unbranched alkanes of at least 4 members (excludes halogenated alkanes) is 2. The topological polar surface area (TPSA) is 156 Å². The summed E-state index contributed by atoms with van der Waals surface area (Å²) in [7, 11) is 0. The normalized spacial score (nSPS) is 22.9. The van der Waals surface area contributed by atoms with E-state index >= 15 is 0 Å². The van der Waals surface area contributed by atoms with Gasteiger partial charge in [0, 0.05) is 31.1 Å². The Bertz CT molecular complexity index is 1470. The number of phenolic OH excluding ortho intramolecular Hbond substituents is 1. The van der Waals surface area contributed by atoms with E-state index in [1.807, 2.05) is 24.4 Å². The summed E-state index contributed by atoms with van der Waals surface area (Å²) < 4.78 is 6.13. The Morgan fingerprint density at radius 2 is 2.04 bits per heavy atom. The van der Waals surface area contributed by atoms with Crippen LogP contribution in [0.4, 0.5) is 0 Å². The van der Waals surface area contributed by atoms with Crippen molar-refractivity contribution in [2.45, 2.75) is 95.2 Å². The lowest BCUT2D eigenvalue weighted by atomic mass is 9.69. The number of allylic oxidation sites excluding steroid dienone is 1. The van der Waals surface area contributed by atoms with Crippen LogP contribution in [0.25, 0.3) is 0 Å². The van der Waals surface area contributed by atoms with Gasteiger partial charge in [-0.1, -0.05) is 56.5 Å². The summed E-state index contributed by atoms with van der Waals surface area (Å²) in [5.41, 5.74) is 18.2. The highest BCUT2D eigenvalue weighted by atomic mass is 16.5. The van der Waals surface area contributed by atoms with Gasteiger partial charge in [-0.15, -0.1) is 0 Å². The van der Waals surface area contributed by atoms with E-state index in [2.05, 4.69) is 25.3 Å². The highest BCUT2D eigenvalue weighted by Gasteiger charge is 2.48. The number of hydrogen-bond acceptors (Lipinski definition) is 8. The summed E-state index contributed by atoms with van der Waals surface area (Å²) in [6.45, 7) is 3.29. The first-order chi connectivity index (χ1) is 22.2. The molecule has 0 aromatic heterocycles. The van der Waals surface area contributed by atoms with E-state index < -0.39 is 12.3 Å². The number of aliphatic hydroxyl groups is 2. The number of ether oxygens (including phenoxy) is 1. The van der Waals surface area contributed by atoms with Crippen LogP contribution in [0.15, 0.2) is 71.0 Å². The number of nitrogens with two attached hydrogens (primary N) is 2. The molecule has 3 aliphatic rings. The molecule has 2 heterocycles. The zero-order chi connectivity index (χ0) is 32.7. The second-order valence-corrected chi connectivity index (χ2v) is 13.3. The summed E-state index contributed by atoms with van der Waals surface area (Å²) in [5.74, 6) is 0.910. The molecule has 0 spiro atoms. The van der Waals surface area contributed by atoms with Gasteiger partial charge in [-0.25, -0.2) is 0 Å².